The lowest BCUT2D eigenvalue weighted by Crippen LogP contribution is -2.45. The fourth-order valence-corrected chi connectivity index (χ4v) is 5.63. The highest BCUT2D eigenvalue weighted by Gasteiger charge is 2.46. The van der Waals surface area contributed by atoms with Crippen LogP contribution in [0.1, 0.15) is 39.9 Å². The molecule has 0 unspecified atom stereocenters. The van der Waals surface area contributed by atoms with Crippen molar-refractivity contribution >= 4 is 34.8 Å². The summed E-state index contributed by atoms with van der Waals surface area (Å²) < 4.78 is 14.3. The molecule has 3 aromatic carbocycles. The minimum absolute atomic E-state index is 0.202. The molecule has 172 valence electrons. The number of halogens is 3. The summed E-state index contributed by atoms with van der Waals surface area (Å²) in [6.07, 6.45) is 1.63. The molecule has 1 fully saturated rings. The number of amides is 1. The van der Waals surface area contributed by atoms with Crippen LogP contribution in [0.25, 0.3) is 0 Å². The van der Waals surface area contributed by atoms with Gasteiger partial charge in [-0.3, -0.25) is 9.69 Å². The van der Waals surface area contributed by atoms with E-state index in [1.165, 1.54) is 6.07 Å². The summed E-state index contributed by atoms with van der Waals surface area (Å²) in [6, 6.07) is 19.3. The van der Waals surface area contributed by atoms with Crippen LogP contribution < -0.4 is 4.90 Å². The average Bonchev–Trinajstić information content (AvgIpc) is 3.14. The maximum Gasteiger partial charge on any atom is 0.259 e. The molecule has 4 nitrogen and oxygen atoms in total. The number of nitrogens with zero attached hydrogens (tertiary/aromatic N) is 3. The third-order valence-corrected chi connectivity index (χ3v) is 7.54. The monoisotopic (exact) mass is 493 g/mol. The van der Waals surface area contributed by atoms with E-state index < -0.39 is 0 Å². The summed E-state index contributed by atoms with van der Waals surface area (Å²) in [5, 5.41) is 9.77. The molecule has 0 radical (unpaired) electrons. The van der Waals surface area contributed by atoms with Crippen molar-refractivity contribution in [3.05, 3.63) is 98.8 Å². The first-order valence-electron chi connectivity index (χ1n) is 11.2. The van der Waals surface area contributed by atoms with Crippen molar-refractivity contribution in [2.45, 2.75) is 24.8 Å². The maximum atomic E-state index is 14.3. The highest BCUT2D eigenvalue weighted by molar-refractivity contribution is 6.37. The van der Waals surface area contributed by atoms with Crippen LogP contribution in [0.2, 0.25) is 10.0 Å². The molecule has 7 heteroatoms. The summed E-state index contributed by atoms with van der Waals surface area (Å²) in [5.41, 5.74) is 3.53. The van der Waals surface area contributed by atoms with Gasteiger partial charge in [-0.25, -0.2) is 4.39 Å². The summed E-state index contributed by atoms with van der Waals surface area (Å²) >= 11 is 12.3. The molecular weight excluding hydrogens is 472 g/mol. The second-order valence-corrected chi connectivity index (χ2v) is 9.89. The third-order valence-electron chi connectivity index (χ3n) is 6.99. The third kappa shape index (κ3) is 4.18. The molecular formula is C27H22Cl2FN3O. The quantitative estimate of drug-likeness (QED) is 0.436. The Balaban J connectivity index is 1.38. The normalized spacial score (nSPS) is 16.9. The number of likely N-dealkylation sites (tertiary alicyclic amines) is 1. The Morgan fingerprint density at radius 1 is 1.03 bits per heavy atom. The molecule has 0 atom stereocenters. The molecule has 2 aliphatic heterocycles. The molecule has 0 aromatic heterocycles. The number of anilines is 1. The van der Waals surface area contributed by atoms with Crippen molar-refractivity contribution in [1.29, 1.82) is 5.26 Å². The van der Waals surface area contributed by atoms with E-state index in [4.69, 9.17) is 28.5 Å². The van der Waals surface area contributed by atoms with Gasteiger partial charge >= 0.3 is 0 Å². The van der Waals surface area contributed by atoms with Crippen molar-refractivity contribution in [3.8, 4) is 6.07 Å². The van der Waals surface area contributed by atoms with Gasteiger partial charge in [-0.05, 0) is 85.6 Å². The minimum Gasteiger partial charge on any atom is -0.307 e. The lowest BCUT2D eigenvalue weighted by atomic mass is 9.74. The molecule has 1 spiro atoms. The predicted octanol–water partition coefficient (Wildman–Crippen LogP) is 6.20. The van der Waals surface area contributed by atoms with Crippen molar-refractivity contribution in [3.63, 3.8) is 0 Å². The van der Waals surface area contributed by atoms with Gasteiger partial charge < -0.3 is 4.90 Å². The Morgan fingerprint density at radius 3 is 2.44 bits per heavy atom. The summed E-state index contributed by atoms with van der Waals surface area (Å²) in [5.74, 6) is -0.497. The van der Waals surface area contributed by atoms with E-state index in [0.29, 0.717) is 27.7 Å². The molecule has 3 aromatic rings. The van der Waals surface area contributed by atoms with Crippen LogP contribution in [0, 0.1) is 17.1 Å². The number of carbonyl (C=O) groups excluding carboxylic acids is 1. The van der Waals surface area contributed by atoms with Gasteiger partial charge in [0.2, 0.25) is 0 Å². The molecule has 1 saturated heterocycles. The van der Waals surface area contributed by atoms with Gasteiger partial charge in [0.25, 0.3) is 5.91 Å². The second-order valence-electron chi connectivity index (χ2n) is 9.04. The van der Waals surface area contributed by atoms with Crippen molar-refractivity contribution in [2.75, 3.05) is 24.5 Å². The van der Waals surface area contributed by atoms with E-state index in [2.05, 4.69) is 11.0 Å². The van der Waals surface area contributed by atoms with E-state index in [9.17, 15) is 9.18 Å². The Bertz CT molecular complexity index is 1290. The molecule has 34 heavy (non-hydrogen) atoms. The van der Waals surface area contributed by atoms with Gasteiger partial charge in [-0.1, -0.05) is 35.3 Å². The number of carbonyl (C=O) groups is 1. The van der Waals surface area contributed by atoms with E-state index in [1.807, 2.05) is 24.3 Å². The highest BCUT2D eigenvalue weighted by atomic mass is 35.5. The van der Waals surface area contributed by atoms with Crippen LogP contribution in [0.15, 0.2) is 60.7 Å². The van der Waals surface area contributed by atoms with Crippen LogP contribution in [0.5, 0.6) is 0 Å². The maximum absolute atomic E-state index is 14.3. The van der Waals surface area contributed by atoms with E-state index >= 15 is 0 Å². The molecule has 1 amide bonds. The van der Waals surface area contributed by atoms with Crippen LogP contribution in [-0.2, 0) is 12.0 Å². The van der Waals surface area contributed by atoms with Gasteiger partial charge in [0.05, 0.1) is 22.2 Å². The lowest BCUT2D eigenvalue weighted by molar-refractivity contribution is 0.0975. The topological polar surface area (TPSA) is 47.3 Å². The summed E-state index contributed by atoms with van der Waals surface area (Å²) in [6.45, 7) is 2.95. The first-order chi connectivity index (χ1) is 16.4. The standard InChI is InChI=1S/C27H22Cl2FN3O/c28-20-5-7-22(24(29)13-20)26(34)33-17-27(23-14-21(30)6-8-25(23)33)9-11-32(12-10-27)16-19-3-1-18(15-31)2-4-19/h1-8,13-14H,9-12,16-17H2. The lowest BCUT2D eigenvalue weighted by Gasteiger charge is -2.40. The fraction of sp³-hybridized carbons (Fsp3) is 0.259. The van der Waals surface area contributed by atoms with Gasteiger partial charge in [-0.2, -0.15) is 5.26 Å². The Morgan fingerprint density at radius 2 is 1.76 bits per heavy atom. The fourth-order valence-electron chi connectivity index (χ4n) is 5.14. The van der Waals surface area contributed by atoms with Crippen molar-refractivity contribution in [2.24, 2.45) is 0 Å². The molecule has 2 aliphatic rings. The zero-order valence-corrected chi connectivity index (χ0v) is 19.9. The predicted molar refractivity (Wildman–Crippen MR) is 132 cm³/mol. The molecule has 0 aliphatic carbocycles. The van der Waals surface area contributed by atoms with Gasteiger partial charge in [0.15, 0.2) is 0 Å². The van der Waals surface area contributed by atoms with Crippen LogP contribution >= 0.6 is 23.2 Å². The Labute approximate surface area is 208 Å². The molecule has 2 heterocycles. The first kappa shape index (κ1) is 22.9. The summed E-state index contributed by atoms with van der Waals surface area (Å²) in [4.78, 5) is 17.6. The molecule has 5 rings (SSSR count). The zero-order valence-electron chi connectivity index (χ0n) is 18.4. The Kier molecular flexibility index (Phi) is 6.07. The van der Waals surface area contributed by atoms with Crippen LogP contribution in [0.4, 0.5) is 10.1 Å². The summed E-state index contributed by atoms with van der Waals surface area (Å²) in [7, 11) is 0. The zero-order chi connectivity index (χ0) is 23.9. The van der Waals surface area contributed by atoms with Gasteiger partial charge in [-0.15, -0.1) is 0 Å². The number of fused-ring (bicyclic) bond motifs is 2. The van der Waals surface area contributed by atoms with E-state index in [1.54, 1.807) is 35.2 Å². The van der Waals surface area contributed by atoms with Crippen LogP contribution in [0.3, 0.4) is 0 Å². The number of benzene rings is 3. The van der Waals surface area contributed by atoms with Gasteiger partial charge in [0.1, 0.15) is 5.82 Å². The van der Waals surface area contributed by atoms with E-state index in [0.717, 1.165) is 49.3 Å². The first-order valence-corrected chi connectivity index (χ1v) is 11.9. The van der Waals surface area contributed by atoms with Crippen LogP contribution in [-0.4, -0.2) is 30.4 Å². The highest BCUT2D eigenvalue weighted by Crippen LogP contribution is 2.48. The number of nitriles is 1. The van der Waals surface area contributed by atoms with Crippen molar-refractivity contribution < 1.29 is 9.18 Å². The number of hydrogen-bond acceptors (Lipinski definition) is 3. The average molecular weight is 494 g/mol. The number of rotatable bonds is 3. The SMILES string of the molecule is N#Cc1ccc(CN2CCC3(CC2)CN(C(=O)c2ccc(Cl)cc2Cl)c2ccc(F)cc23)cc1. The number of hydrogen-bond donors (Lipinski definition) is 0. The molecule has 0 N–H and O–H groups in total. The molecule has 0 bridgehead atoms. The van der Waals surface area contributed by atoms with E-state index in [-0.39, 0.29) is 17.1 Å². The molecule has 0 saturated carbocycles. The van der Waals surface area contributed by atoms with Crippen molar-refractivity contribution in [1.82, 2.24) is 4.90 Å². The number of piperidine rings is 1. The second kappa shape index (κ2) is 9.03. The Hall–Kier alpha value is -2.91. The van der Waals surface area contributed by atoms with Gasteiger partial charge in [0, 0.05) is 29.2 Å². The minimum atomic E-state index is -0.298. The smallest absolute Gasteiger partial charge is 0.259 e. The largest absolute Gasteiger partial charge is 0.307 e.